The van der Waals surface area contributed by atoms with Gasteiger partial charge in [-0.05, 0) is 74.6 Å². The summed E-state index contributed by atoms with van der Waals surface area (Å²) < 4.78 is 0. The van der Waals surface area contributed by atoms with Crippen LogP contribution in [-0.2, 0) is 0 Å². The van der Waals surface area contributed by atoms with Crippen LogP contribution in [0.5, 0.6) is 0 Å². The van der Waals surface area contributed by atoms with Gasteiger partial charge in [0.25, 0.3) is 11.8 Å². The van der Waals surface area contributed by atoms with E-state index < -0.39 is 0 Å². The van der Waals surface area contributed by atoms with Gasteiger partial charge in [-0.2, -0.15) is 0 Å². The van der Waals surface area contributed by atoms with E-state index in [9.17, 15) is 9.59 Å². The Labute approximate surface area is 211 Å². The predicted octanol–water partition coefficient (Wildman–Crippen LogP) is 6.15. The van der Waals surface area contributed by atoms with Crippen molar-refractivity contribution in [1.82, 2.24) is 9.88 Å². The fourth-order valence-corrected chi connectivity index (χ4v) is 5.24. The van der Waals surface area contributed by atoms with E-state index in [1.54, 1.807) is 6.20 Å². The molecule has 2 aromatic carbocycles. The molecule has 0 bridgehead atoms. The van der Waals surface area contributed by atoms with E-state index in [1.807, 2.05) is 42.5 Å². The lowest BCUT2D eigenvalue weighted by molar-refractivity contribution is 0.0651. The monoisotopic (exact) mass is 490 g/mol. The number of hydrogen-bond acceptors (Lipinski definition) is 5. The molecule has 0 saturated carbocycles. The number of rotatable bonds is 9. The highest BCUT2D eigenvalue weighted by atomic mass is 35.5. The van der Waals surface area contributed by atoms with Gasteiger partial charge in [-0.25, -0.2) is 0 Å². The van der Waals surface area contributed by atoms with Crippen LogP contribution in [0.3, 0.4) is 0 Å². The number of nitrogens with one attached hydrogen (secondary N) is 1. The highest BCUT2D eigenvalue weighted by Gasteiger charge is 2.35. The maximum Gasteiger partial charge on any atom is 0.261 e. The average Bonchev–Trinajstić information content (AvgIpc) is 3.12. The second-order valence-electron chi connectivity index (χ2n) is 9.40. The summed E-state index contributed by atoms with van der Waals surface area (Å²) in [6, 6.07) is 13.5. The zero-order chi connectivity index (χ0) is 24.2. The number of pyridine rings is 1. The number of nitrogens with zero attached hydrogens (tertiary/aromatic N) is 3. The molecule has 0 unspecified atom stereocenters. The lowest BCUT2D eigenvalue weighted by Crippen LogP contribution is -2.30. The minimum absolute atomic E-state index is 0.143. The summed E-state index contributed by atoms with van der Waals surface area (Å²) in [7, 11) is 0. The van der Waals surface area contributed by atoms with Gasteiger partial charge in [0, 0.05) is 54.2 Å². The Balaban J connectivity index is 1.07. The van der Waals surface area contributed by atoms with E-state index in [0.717, 1.165) is 67.6 Å². The minimum atomic E-state index is -0.151. The third kappa shape index (κ3) is 5.13. The second-order valence-corrected chi connectivity index (χ2v) is 9.84. The summed E-state index contributed by atoms with van der Waals surface area (Å²) in [4.78, 5) is 33.9. The van der Waals surface area contributed by atoms with Crippen molar-refractivity contribution >= 4 is 45.7 Å². The average molecular weight is 491 g/mol. The molecule has 1 aromatic heterocycles. The van der Waals surface area contributed by atoms with Crippen molar-refractivity contribution in [1.29, 1.82) is 0 Å². The van der Waals surface area contributed by atoms with Gasteiger partial charge in [0.1, 0.15) is 0 Å². The van der Waals surface area contributed by atoms with Crippen LogP contribution in [0.4, 0.5) is 11.4 Å². The smallest absolute Gasteiger partial charge is 0.261 e. The largest absolute Gasteiger partial charge is 0.384 e. The third-order valence-electron chi connectivity index (χ3n) is 7.00. The zero-order valence-corrected chi connectivity index (χ0v) is 20.7. The van der Waals surface area contributed by atoms with Gasteiger partial charge in [0.05, 0.1) is 16.6 Å². The van der Waals surface area contributed by atoms with Gasteiger partial charge < -0.3 is 10.2 Å². The van der Waals surface area contributed by atoms with Gasteiger partial charge in [-0.15, -0.1) is 0 Å². The summed E-state index contributed by atoms with van der Waals surface area (Å²) >= 11 is 6.07. The Bertz CT molecular complexity index is 1240. The van der Waals surface area contributed by atoms with Crippen LogP contribution in [0.25, 0.3) is 10.9 Å². The molecule has 0 aliphatic carbocycles. The normalized spacial score (nSPS) is 15.7. The molecule has 0 atom stereocenters. The summed E-state index contributed by atoms with van der Waals surface area (Å²) in [5.41, 5.74) is 4.11. The summed E-state index contributed by atoms with van der Waals surface area (Å²) in [6.45, 7) is 3.37. The quantitative estimate of drug-likeness (QED) is 0.288. The first-order valence-electron chi connectivity index (χ1n) is 12.7. The summed E-state index contributed by atoms with van der Waals surface area (Å²) in [5.74, 6) is -0.295. The lowest BCUT2D eigenvalue weighted by Gasteiger charge is -2.29. The van der Waals surface area contributed by atoms with Gasteiger partial charge >= 0.3 is 0 Å². The molecule has 1 saturated heterocycles. The molecule has 2 aliphatic rings. The summed E-state index contributed by atoms with van der Waals surface area (Å²) in [5, 5.41) is 5.24. The van der Waals surface area contributed by atoms with Crippen molar-refractivity contribution in [3.63, 3.8) is 0 Å². The van der Waals surface area contributed by atoms with Crippen LogP contribution >= 0.6 is 11.6 Å². The molecule has 0 spiro atoms. The fourth-order valence-electron chi connectivity index (χ4n) is 5.08. The molecule has 1 N–H and O–H groups in total. The molecule has 3 aromatic rings. The maximum atomic E-state index is 13.0. The van der Waals surface area contributed by atoms with Crippen molar-refractivity contribution in [3.05, 3.63) is 64.8 Å². The van der Waals surface area contributed by atoms with Crippen LogP contribution in [0.1, 0.15) is 65.7 Å². The molecular weight excluding hydrogens is 460 g/mol. The van der Waals surface area contributed by atoms with Crippen molar-refractivity contribution in [2.24, 2.45) is 0 Å². The van der Waals surface area contributed by atoms with Crippen molar-refractivity contribution in [3.8, 4) is 0 Å². The van der Waals surface area contributed by atoms with E-state index >= 15 is 0 Å². The number of imide groups is 1. The first-order valence-corrected chi connectivity index (χ1v) is 13.0. The highest BCUT2D eigenvalue weighted by molar-refractivity contribution is 6.31. The molecular formula is C28H31ClN4O2. The van der Waals surface area contributed by atoms with Crippen molar-refractivity contribution < 1.29 is 9.59 Å². The molecule has 6 nitrogen and oxygen atoms in total. The number of unbranched alkanes of at least 4 members (excludes halogenated alkanes) is 3. The number of carbonyl (C=O) groups excluding carboxylic acids is 2. The number of hydrogen-bond donors (Lipinski definition) is 1. The first kappa shape index (κ1) is 23.6. The number of anilines is 2. The number of halogens is 1. The number of aromatic nitrogens is 1. The molecule has 7 heteroatoms. The van der Waals surface area contributed by atoms with Gasteiger partial charge in [0.2, 0.25) is 0 Å². The molecule has 2 amide bonds. The van der Waals surface area contributed by atoms with Gasteiger partial charge in [-0.1, -0.05) is 24.4 Å². The SMILES string of the molecule is O=C1c2ccc(N3CCCCC3)cc2C(=O)N1CCCCCCNc1ccnc2cc(Cl)ccc12. The Kier molecular flexibility index (Phi) is 7.19. The molecule has 2 aliphatic heterocycles. The van der Waals surface area contributed by atoms with Crippen LogP contribution in [0.2, 0.25) is 5.02 Å². The van der Waals surface area contributed by atoms with Crippen LogP contribution in [-0.4, -0.2) is 47.9 Å². The molecule has 3 heterocycles. The molecule has 0 radical (unpaired) electrons. The van der Waals surface area contributed by atoms with Crippen LogP contribution in [0.15, 0.2) is 48.7 Å². The molecule has 35 heavy (non-hydrogen) atoms. The van der Waals surface area contributed by atoms with E-state index in [-0.39, 0.29) is 11.8 Å². The fraction of sp³-hybridized carbons (Fsp3) is 0.393. The minimum Gasteiger partial charge on any atom is -0.384 e. The highest BCUT2D eigenvalue weighted by Crippen LogP contribution is 2.29. The zero-order valence-electron chi connectivity index (χ0n) is 19.9. The van der Waals surface area contributed by atoms with Crippen LogP contribution < -0.4 is 10.2 Å². The van der Waals surface area contributed by atoms with Gasteiger partial charge in [0.15, 0.2) is 0 Å². The van der Waals surface area contributed by atoms with Gasteiger partial charge in [-0.3, -0.25) is 19.5 Å². The number of amides is 2. The van der Waals surface area contributed by atoms with Crippen molar-refractivity contribution in [2.75, 3.05) is 36.4 Å². The lowest BCUT2D eigenvalue weighted by atomic mass is 10.1. The first-order chi connectivity index (χ1) is 17.1. The molecule has 1 fully saturated rings. The Morgan fingerprint density at radius 3 is 2.51 bits per heavy atom. The number of benzene rings is 2. The summed E-state index contributed by atoms with van der Waals surface area (Å²) in [6.07, 6.45) is 9.25. The number of carbonyl (C=O) groups is 2. The van der Waals surface area contributed by atoms with E-state index in [4.69, 9.17) is 11.6 Å². The number of piperidine rings is 1. The second kappa shape index (κ2) is 10.6. The van der Waals surface area contributed by atoms with E-state index in [0.29, 0.717) is 22.7 Å². The van der Waals surface area contributed by atoms with Crippen molar-refractivity contribution in [2.45, 2.75) is 44.9 Å². The standard InChI is InChI=1S/C28H31ClN4O2/c29-20-8-10-23-25(12-14-31-26(23)18-20)30-13-4-1-2-7-17-33-27(34)22-11-9-21(19-24(22)28(33)35)32-15-5-3-6-16-32/h8-12,14,18-19H,1-7,13,15-17H2,(H,30,31). The molecule has 5 rings (SSSR count). The Morgan fingerprint density at radius 1 is 0.857 bits per heavy atom. The van der Waals surface area contributed by atoms with E-state index in [2.05, 4.69) is 15.2 Å². The predicted molar refractivity (Wildman–Crippen MR) is 142 cm³/mol. The number of fused-ring (bicyclic) bond motifs is 2. The maximum absolute atomic E-state index is 13.0. The molecule has 182 valence electrons. The third-order valence-corrected chi connectivity index (χ3v) is 7.24. The topological polar surface area (TPSA) is 65.5 Å². The van der Waals surface area contributed by atoms with E-state index in [1.165, 1.54) is 24.2 Å². The van der Waals surface area contributed by atoms with Crippen LogP contribution in [0, 0.1) is 0 Å². The Morgan fingerprint density at radius 2 is 1.66 bits per heavy atom. The Hall–Kier alpha value is -3.12.